The number of carbonyl (C=O) groups excluding carboxylic acids is 3. The van der Waals surface area contributed by atoms with Crippen LogP contribution in [0.1, 0.15) is 33.1 Å². The molecule has 0 radical (unpaired) electrons. The van der Waals surface area contributed by atoms with E-state index in [0.29, 0.717) is 19.3 Å². The van der Waals surface area contributed by atoms with E-state index < -0.39 is 6.04 Å². The van der Waals surface area contributed by atoms with Crippen molar-refractivity contribution in [3.05, 3.63) is 12.2 Å². The molecular formula is C16H24N2O3. The smallest absolute Gasteiger partial charge is 0.245 e. The number of hydrogen-bond donors (Lipinski definition) is 0. The number of likely N-dealkylation sites (tertiary alicyclic amines) is 1. The number of fused-ring (bicyclic) bond motifs is 1. The molecule has 0 N–H and O–H groups in total. The monoisotopic (exact) mass is 292 g/mol. The molecule has 1 heterocycles. The summed E-state index contributed by atoms with van der Waals surface area (Å²) in [5, 5.41) is 0. The Bertz CT molecular complexity index is 456. The molecule has 1 fully saturated rings. The van der Waals surface area contributed by atoms with Gasteiger partial charge in [-0.15, -0.1) is 0 Å². The third kappa shape index (κ3) is 2.87. The highest BCUT2D eigenvalue weighted by Gasteiger charge is 2.51. The summed E-state index contributed by atoms with van der Waals surface area (Å²) < 4.78 is 0. The molecule has 0 aromatic rings. The highest BCUT2D eigenvalue weighted by atomic mass is 16.2. The van der Waals surface area contributed by atoms with Crippen molar-refractivity contribution in [2.45, 2.75) is 39.2 Å². The van der Waals surface area contributed by atoms with E-state index in [-0.39, 0.29) is 35.5 Å². The van der Waals surface area contributed by atoms with Gasteiger partial charge in [0.05, 0.1) is 11.8 Å². The van der Waals surface area contributed by atoms with Gasteiger partial charge in [-0.3, -0.25) is 19.3 Å². The molecule has 1 aliphatic carbocycles. The van der Waals surface area contributed by atoms with Gasteiger partial charge in [0.1, 0.15) is 6.04 Å². The second-order valence-corrected chi connectivity index (χ2v) is 6.58. The number of imide groups is 1. The number of likely N-dealkylation sites (N-methyl/N-ethyl adjacent to an activating group) is 1. The van der Waals surface area contributed by atoms with E-state index in [1.54, 1.807) is 14.1 Å². The van der Waals surface area contributed by atoms with E-state index in [4.69, 9.17) is 0 Å². The van der Waals surface area contributed by atoms with Crippen molar-refractivity contribution in [2.24, 2.45) is 17.8 Å². The van der Waals surface area contributed by atoms with Gasteiger partial charge in [0.15, 0.2) is 0 Å². The Labute approximate surface area is 126 Å². The van der Waals surface area contributed by atoms with Crippen molar-refractivity contribution in [2.75, 3.05) is 14.1 Å². The number of allylic oxidation sites excluding steroid dienone is 2. The van der Waals surface area contributed by atoms with Crippen molar-refractivity contribution < 1.29 is 14.4 Å². The zero-order chi connectivity index (χ0) is 15.7. The lowest BCUT2D eigenvalue weighted by Crippen LogP contribution is -2.50. The van der Waals surface area contributed by atoms with Crippen molar-refractivity contribution in [1.82, 2.24) is 9.80 Å². The number of nitrogens with zero attached hydrogens (tertiary/aromatic N) is 2. The molecule has 1 aliphatic heterocycles. The quantitative estimate of drug-likeness (QED) is 0.582. The molecule has 0 unspecified atom stereocenters. The van der Waals surface area contributed by atoms with Gasteiger partial charge in [-0.25, -0.2) is 0 Å². The summed E-state index contributed by atoms with van der Waals surface area (Å²) in [5.41, 5.74) is 0. The first-order valence-corrected chi connectivity index (χ1v) is 7.57. The van der Waals surface area contributed by atoms with Crippen LogP contribution in [0.5, 0.6) is 0 Å². The summed E-state index contributed by atoms with van der Waals surface area (Å²) in [4.78, 5) is 40.3. The summed E-state index contributed by atoms with van der Waals surface area (Å²) >= 11 is 0. The second-order valence-electron chi connectivity index (χ2n) is 6.58. The Kier molecular flexibility index (Phi) is 4.49. The minimum Gasteiger partial charge on any atom is -0.347 e. The third-order valence-electron chi connectivity index (χ3n) is 4.27. The first kappa shape index (κ1) is 15.7. The minimum absolute atomic E-state index is 0.169. The molecule has 0 aromatic heterocycles. The molecular weight excluding hydrogens is 268 g/mol. The molecule has 0 bridgehead atoms. The lowest BCUT2D eigenvalue weighted by atomic mass is 9.85. The molecule has 0 saturated carbocycles. The van der Waals surface area contributed by atoms with Gasteiger partial charge in [-0.1, -0.05) is 26.0 Å². The van der Waals surface area contributed by atoms with Crippen LogP contribution in [0.4, 0.5) is 0 Å². The molecule has 116 valence electrons. The molecule has 0 spiro atoms. The first-order chi connectivity index (χ1) is 9.84. The SMILES string of the molecule is CC(C)C[C@H](C(=O)N(C)C)N1C(=O)[C@H]2CC=CC[C@@H]2C1=O. The van der Waals surface area contributed by atoms with Gasteiger partial charge in [0.25, 0.3) is 0 Å². The van der Waals surface area contributed by atoms with Crippen LogP contribution in [0.15, 0.2) is 12.2 Å². The van der Waals surface area contributed by atoms with Gasteiger partial charge >= 0.3 is 0 Å². The maximum absolute atomic E-state index is 12.6. The van der Waals surface area contributed by atoms with E-state index in [2.05, 4.69) is 0 Å². The molecule has 0 aromatic carbocycles. The van der Waals surface area contributed by atoms with Crippen LogP contribution in [-0.2, 0) is 14.4 Å². The lowest BCUT2D eigenvalue weighted by molar-refractivity contribution is -0.151. The topological polar surface area (TPSA) is 57.7 Å². The molecule has 3 amide bonds. The van der Waals surface area contributed by atoms with Crippen LogP contribution in [0, 0.1) is 17.8 Å². The van der Waals surface area contributed by atoms with Crippen molar-refractivity contribution in [3.63, 3.8) is 0 Å². The average Bonchev–Trinajstić information content (AvgIpc) is 2.68. The summed E-state index contributed by atoms with van der Waals surface area (Å²) in [6.45, 7) is 3.99. The van der Waals surface area contributed by atoms with Crippen LogP contribution in [0.3, 0.4) is 0 Å². The lowest BCUT2D eigenvalue weighted by Gasteiger charge is -2.29. The van der Waals surface area contributed by atoms with Gasteiger partial charge in [0, 0.05) is 14.1 Å². The Hall–Kier alpha value is -1.65. The predicted molar refractivity (Wildman–Crippen MR) is 79.1 cm³/mol. The first-order valence-electron chi connectivity index (χ1n) is 7.57. The maximum atomic E-state index is 12.6. The number of hydrogen-bond acceptors (Lipinski definition) is 3. The molecule has 21 heavy (non-hydrogen) atoms. The van der Waals surface area contributed by atoms with Crippen LogP contribution in [-0.4, -0.2) is 47.7 Å². The van der Waals surface area contributed by atoms with Crippen LogP contribution < -0.4 is 0 Å². The fourth-order valence-corrected chi connectivity index (χ4v) is 3.19. The van der Waals surface area contributed by atoms with E-state index in [9.17, 15) is 14.4 Å². The summed E-state index contributed by atoms with van der Waals surface area (Å²) in [6.07, 6.45) is 5.65. The number of rotatable bonds is 4. The highest BCUT2D eigenvalue weighted by molar-refractivity contribution is 6.08. The fourth-order valence-electron chi connectivity index (χ4n) is 3.19. The maximum Gasteiger partial charge on any atom is 0.245 e. The second kappa shape index (κ2) is 6.00. The summed E-state index contributed by atoms with van der Waals surface area (Å²) in [6, 6.07) is -0.661. The molecule has 1 saturated heterocycles. The van der Waals surface area contributed by atoms with Crippen LogP contribution in [0.25, 0.3) is 0 Å². The van der Waals surface area contributed by atoms with Crippen molar-refractivity contribution in [3.8, 4) is 0 Å². The Morgan fingerprint density at radius 1 is 1.19 bits per heavy atom. The predicted octanol–water partition coefficient (Wildman–Crippen LogP) is 1.44. The van der Waals surface area contributed by atoms with Gasteiger partial charge in [-0.2, -0.15) is 0 Å². The van der Waals surface area contributed by atoms with E-state index >= 15 is 0 Å². The van der Waals surface area contributed by atoms with Gasteiger partial charge in [-0.05, 0) is 25.2 Å². The van der Waals surface area contributed by atoms with Gasteiger partial charge < -0.3 is 4.90 Å². The van der Waals surface area contributed by atoms with Crippen LogP contribution in [0.2, 0.25) is 0 Å². The zero-order valence-electron chi connectivity index (χ0n) is 13.2. The fraction of sp³-hybridized carbons (Fsp3) is 0.688. The van der Waals surface area contributed by atoms with Gasteiger partial charge in [0.2, 0.25) is 17.7 Å². The Balaban J connectivity index is 2.29. The van der Waals surface area contributed by atoms with Crippen molar-refractivity contribution in [1.29, 1.82) is 0 Å². The number of carbonyl (C=O) groups is 3. The number of amides is 3. The van der Waals surface area contributed by atoms with E-state index in [1.807, 2.05) is 26.0 Å². The minimum atomic E-state index is -0.661. The molecule has 5 nitrogen and oxygen atoms in total. The molecule has 3 atom stereocenters. The standard InChI is InChI=1S/C16H24N2O3/c1-10(2)9-13(16(21)17(3)4)18-14(19)11-7-5-6-8-12(11)15(18)20/h5-6,10-13H,7-9H2,1-4H3/t11-,12-,13+/m0/s1. The molecule has 2 aliphatic rings. The van der Waals surface area contributed by atoms with E-state index in [1.165, 1.54) is 9.80 Å². The summed E-state index contributed by atoms with van der Waals surface area (Å²) in [5.74, 6) is -0.818. The Morgan fingerprint density at radius 3 is 2.05 bits per heavy atom. The Morgan fingerprint density at radius 2 is 1.67 bits per heavy atom. The summed E-state index contributed by atoms with van der Waals surface area (Å²) in [7, 11) is 3.32. The van der Waals surface area contributed by atoms with E-state index in [0.717, 1.165) is 0 Å². The van der Waals surface area contributed by atoms with Crippen molar-refractivity contribution >= 4 is 17.7 Å². The largest absolute Gasteiger partial charge is 0.347 e. The third-order valence-corrected chi connectivity index (χ3v) is 4.27. The average molecular weight is 292 g/mol. The van der Waals surface area contributed by atoms with Crippen LogP contribution >= 0.6 is 0 Å². The molecule has 5 heteroatoms. The zero-order valence-corrected chi connectivity index (χ0v) is 13.2. The normalized spacial score (nSPS) is 26.2. The molecule has 2 rings (SSSR count). The highest BCUT2D eigenvalue weighted by Crippen LogP contribution is 2.37.